The Morgan fingerprint density at radius 1 is 1.26 bits per heavy atom. The first-order chi connectivity index (χ1) is 13.1. The van der Waals surface area contributed by atoms with Crippen molar-refractivity contribution in [2.24, 2.45) is 0 Å². The molecule has 0 spiro atoms. The number of piperazine rings is 1. The van der Waals surface area contributed by atoms with Crippen LogP contribution in [-0.2, 0) is 6.54 Å². The molecule has 1 amide bonds. The first kappa shape index (κ1) is 18.2. The van der Waals surface area contributed by atoms with Crippen LogP contribution in [0.1, 0.15) is 16.1 Å². The van der Waals surface area contributed by atoms with E-state index < -0.39 is 0 Å². The zero-order valence-corrected chi connectivity index (χ0v) is 16.9. The van der Waals surface area contributed by atoms with E-state index in [-0.39, 0.29) is 11.7 Å². The van der Waals surface area contributed by atoms with Crippen LogP contribution < -0.4 is 0 Å². The van der Waals surface area contributed by atoms with Gasteiger partial charge in [-0.25, -0.2) is 4.98 Å². The Hall–Kier alpha value is -2.16. The Morgan fingerprint density at radius 2 is 2.07 bits per heavy atom. The van der Waals surface area contributed by atoms with Gasteiger partial charge in [-0.3, -0.25) is 9.69 Å². The number of halogens is 1. The summed E-state index contributed by atoms with van der Waals surface area (Å²) >= 11 is 4.92. The lowest BCUT2D eigenvalue weighted by Gasteiger charge is -2.34. The summed E-state index contributed by atoms with van der Waals surface area (Å²) in [6, 6.07) is 8.68. The second-order valence-electron chi connectivity index (χ2n) is 6.35. The number of hydrogen-bond donors (Lipinski definition) is 1. The summed E-state index contributed by atoms with van der Waals surface area (Å²) in [4.78, 5) is 21.4. The Labute approximate surface area is 169 Å². The number of carbonyl (C=O) groups is 1. The Balaban J connectivity index is 1.35. The van der Waals surface area contributed by atoms with Crippen molar-refractivity contribution in [1.29, 1.82) is 0 Å². The number of furan rings is 1. The van der Waals surface area contributed by atoms with Gasteiger partial charge in [0, 0.05) is 42.6 Å². The zero-order chi connectivity index (χ0) is 18.8. The maximum absolute atomic E-state index is 12.7. The number of aromatic nitrogens is 1. The number of phenols is 1. The van der Waals surface area contributed by atoms with Gasteiger partial charge in [0.05, 0.1) is 17.5 Å². The highest BCUT2D eigenvalue weighted by molar-refractivity contribution is 9.10. The molecule has 0 atom stereocenters. The van der Waals surface area contributed by atoms with Gasteiger partial charge in [0.2, 0.25) is 0 Å². The van der Waals surface area contributed by atoms with Crippen LogP contribution in [0, 0.1) is 0 Å². The summed E-state index contributed by atoms with van der Waals surface area (Å²) in [6.45, 7) is 3.55. The topological polar surface area (TPSA) is 69.8 Å². The lowest BCUT2D eigenvalue weighted by Crippen LogP contribution is -2.48. The van der Waals surface area contributed by atoms with Crippen LogP contribution in [-0.4, -0.2) is 52.0 Å². The van der Waals surface area contributed by atoms with Gasteiger partial charge in [0.1, 0.15) is 5.75 Å². The molecule has 3 aromatic rings. The molecule has 8 heteroatoms. The minimum atomic E-state index is -0.137. The monoisotopic (exact) mass is 447 g/mol. The molecule has 0 bridgehead atoms. The first-order valence-electron chi connectivity index (χ1n) is 8.58. The van der Waals surface area contributed by atoms with Crippen LogP contribution in [0.2, 0.25) is 0 Å². The molecule has 4 rings (SSSR count). The SMILES string of the molecule is O=C(c1cc(Br)ccc1O)N1CCN(Cc2csc(-c3ccco3)n2)CC1. The third kappa shape index (κ3) is 4.07. The molecule has 1 aliphatic rings. The molecule has 2 aromatic heterocycles. The third-order valence-corrected chi connectivity index (χ3v) is 5.92. The summed E-state index contributed by atoms with van der Waals surface area (Å²) in [5.41, 5.74) is 1.34. The fourth-order valence-corrected chi connectivity index (χ4v) is 4.22. The highest BCUT2D eigenvalue weighted by Gasteiger charge is 2.24. The van der Waals surface area contributed by atoms with E-state index in [0.717, 1.165) is 40.6 Å². The van der Waals surface area contributed by atoms with Crippen molar-refractivity contribution in [3.63, 3.8) is 0 Å². The van der Waals surface area contributed by atoms with Crippen LogP contribution in [0.5, 0.6) is 5.75 Å². The van der Waals surface area contributed by atoms with Crippen LogP contribution in [0.15, 0.2) is 50.9 Å². The van der Waals surface area contributed by atoms with E-state index >= 15 is 0 Å². The van der Waals surface area contributed by atoms with Crippen molar-refractivity contribution >= 4 is 33.2 Å². The molecule has 0 unspecified atom stereocenters. The van der Waals surface area contributed by atoms with Crippen LogP contribution in [0.3, 0.4) is 0 Å². The van der Waals surface area contributed by atoms with E-state index in [0.29, 0.717) is 18.7 Å². The molecular weight excluding hydrogens is 430 g/mol. The number of thiazole rings is 1. The fraction of sp³-hybridized carbons (Fsp3) is 0.263. The molecule has 140 valence electrons. The summed E-state index contributed by atoms with van der Waals surface area (Å²) in [5, 5.41) is 12.9. The number of phenolic OH excluding ortho intramolecular Hbond substituents is 1. The quantitative estimate of drug-likeness (QED) is 0.657. The Morgan fingerprint density at radius 3 is 2.81 bits per heavy atom. The highest BCUT2D eigenvalue weighted by Crippen LogP contribution is 2.26. The zero-order valence-electron chi connectivity index (χ0n) is 14.5. The number of rotatable bonds is 4. The van der Waals surface area contributed by atoms with E-state index in [2.05, 4.69) is 31.2 Å². The Kier molecular flexibility index (Phi) is 5.29. The van der Waals surface area contributed by atoms with E-state index in [1.54, 1.807) is 34.6 Å². The molecule has 1 N–H and O–H groups in total. The van der Waals surface area contributed by atoms with Crippen LogP contribution in [0.25, 0.3) is 10.8 Å². The standard InChI is InChI=1S/C19H18BrN3O3S/c20-13-3-4-16(24)15(10-13)19(25)23-7-5-22(6-8-23)11-14-12-27-18(21-14)17-2-1-9-26-17/h1-4,9-10,12,24H,5-8,11H2. The third-order valence-electron chi connectivity index (χ3n) is 4.52. The van der Waals surface area contributed by atoms with Gasteiger partial charge < -0.3 is 14.4 Å². The molecule has 1 aliphatic heterocycles. The number of nitrogens with zero attached hydrogens (tertiary/aromatic N) is 3. The second-order valence-corrected chi connectivity index (χ2v) is 8.12. The predicted molar refractivity (Wildman–Crippen MR) is 107 cm³/mol. The van der Waals surface area contributed by atoms with Gasteiger partial charge in [-0.15, -0.1) is 11.3 Å². The normalized spacial score (nSPS) is 15.2. The molecule has 27 heavy (non-hydrogen) atoms. The summed E-state index contributed by atoms with van der Waals surface area (Å²) in [5.74, 6) is 0.663. The van der Waals surface area contributed by atoms with Gasteiger partial charge in [-0.2, -0.15) is 0 Å². The maximum Gasteiger partial charge on any atom is 0.257 e. The lowest BCUT2D eigenvalue weighted by molar-refractivity contribution is 0.0624. The van der Waals surface area contributed by atoms with Gasteiger partial charge in [0.15, 0.2) is 10.8 Å². The van der Waals surface area contributed by atoms with Crippen molar-refractivity contribution in [2.75, 3.05) is 26.2 Å². The van der Waals surface area contributed by atoms with Crippen molar-refractivity contribution in [2.45, 2.75) is 6.54 Å². The second kappa shape index (κ2) is 7.84. The molecular formula is C19H18BrN3O3S. The molecule has 6 nitrogen and oxygen atoms in total. The lowest BCUT2D eigenvalue weighted by atomic mass is 10.1. The molecule has 0 saturated carbocycles. The number of amides is 1. The van der Waals surface area contributed by atoms with Gasteiger partial charge in [-0.1, -0.05) is 15.9 Å². The predicted octanol–water partition coefficient (Wildman–Crippen LogP) is 3.83. The van der Waals surface area contributed by atoms with Crippen molar-refractivity contribution in [3.8, 4) is 16.5 Å². The average Bonchev–Trinajstić information content (AvgIpc) is 3.35. The number of aromatic hydroxyl groups is 1. The molecule has 3 heterocycles. The maximum atomic E-state index is 12.7. The number of hydrogen-bond acceptors (Lipinski definition) is 6. The largest absolute Gasteiger partial charge is 0.507 e. The molecule has 0 aliphatic carbocycles. The number of benzene rings is 1. The first-order valence-corrected chi connectivity index (χ1v) is 10.3. The summed E-state index contributed by atoms with van der Waals surface area (Å²) in [7, 11) is 0. The van der Waals surface area contributed by atoms with E-state index in [9.17, 15) is 9.90 Å². The smallest absolute Gasteiger partial charge is 0.257 e. The van der Waals surface area contributed by atoms with Crippen molar-refractivity contribution in [1.82, 2.24) is 14.8 Å². The molecule has 1 aromatic carbocycles. The number of carbonyl (C=O) groups excluding carboxylic acids is 1. The Bertz CT molecular complexity index is 934. The van der Waals surface area contributed by atoms with E-state index in [4.69, 9.17) is 4.42 Å². The highest BCUT2D eigenvalue weighted by atomic mass is 79.9. The van der Waals surface area contributed by atoms with Gasteiger partial charge in [-0.05, 0) is 30.3 Å². The average molecular weight is 448 g/mol. The fourth-order valence-electron chi connectivity index (χ4n) is 3.08. The van der Waals surface area contributed by atoms with E-state index in [1.807, 2.05) is 12.1 Å². The summed E-state index contributed by atoms with van der Waals surface area (Å²) < 4.78 is 6.17. The van der Waals surface area contributed by atoms with Crippen LogP contribution >= 0.6 is 27.3 Å². The molecule has 1 saturated heterocycles. The minimum Gasteiger partial charge on any atom is -0.507 e. The van der Waals surface area contributed by atoms with Crippen molar-refractivity contribution < 1.29 is 14.3 Å². The van der Waals surface area contributed by atoms with E-state index in [1.165, 1.54) is 6.07 Å². The van der Waals surface area contributed by atoms with Crippen molar-refractivity contribution in [3.05, 3.63) is 57.7 Å². The molecule has 0 radical (unpaired) electrons. The minimum absolute atomic E-state index is 0.0126. The molecule has 1 fully saturated rings. The summed E-state index contributed by atoms with van der Waals surface area (Å²) in [6.07, 6.45) is 1.65. The van der Waals surface area contributed by atoms with Gasteiger partial charge in [0.25, 0.3) is 5.91 Å². The van der Waals surface area contributed by atoms with Gasteiger partial charge >= 0.3 is 0 Å². The van der Waals surface area contributed by atoms with Crippen LogP contribution in [0.4, 0.5) is 0 Å².